The van der Waals surface area contributed by atoms with E-state index in [1.807, 2.05) is 92.4 Å². The fourth-order valence-electron chi connectivity index (χ4n) is 3.17. The van der Waals surface area contributed by atoms with Gasteiger partial charge in [-0.15, -0.1) is 12.6 Å². The van der Waals surface area contributed by atoms with Crippen molar-refractivity contribution < 1.29 is 9.59 Å². The normalized spacial score (nSPS) is 11.3. The molecule has 0 aliphatic rings. The zero-order valence-electron chi connectivity index (χ0n) is 21.4. The first kappa shape index (κ1) is 31.0. The minimum Gasteiger partial charge on any atom is -0.355 e. The highest BCUT2D eigenvalue weighted by Crippen LogP contribution is 2.24. The number of allylic oxidation sites excluding steroid dienone is 4. The van der Waals surface area contributed by atoms with Crippen molar-refractivity contribution in [1.82, 2.24) is 5.32 Å². The van der Waals surface area contributed by atoms with E-state index in [1.165, 1.54) is 5.56 Å². The van der Waals surface area contributed by atoms with Crippen molar-refractivity contribution in [2.24, 2.45) is 0 Å². The average molecular weight is 481 g/mol. The number of anilines is 1. The van der Waals surface area contributed by atoms with Crippen molar-refractivity contribution in [1.29, 1.82) is 0 Å². The van der Waals surface area contributed by atoms with Gasteiger partial charge in [0.05, 0.1) is 6.04 Å². The van der Waals surface area contributed by atoms with Gasteiger partial charge in [-0.3, -0.25) is 9.59 Å². The Kier molecular flexibility index (Phi) is 16.7. The zero-order valence-corrected chi connectivity index (χ0v) is 22.3. The molecular weight excluding hydrogens is 440 g/mol. The molecule has 0 saturated carbocycles. The molecule has 0 aliphatic heterocycles. The number of hydrogen-bond acceptors (Lipinski definition) is 3. The molecule has 5 heteroatoms. The van der Waals surface area contributed by atoms with E-state index in [-0.39, 0.29) is 11.9 Å². The number of thiol groups is 1. The molecule has 0 fully saturated rings. The quantitative estimate of drug-likeness (QED) is 0.229. The summed E-state index contributed by atoms with van der Waals surface area (Å²) in [6, 6.07) is 15.8. The second-order valence-electron chi connectivity index (χ2n) is 7.35. The molecule has 0 aromatic heterocycles. The monoisotopic (exact) mass is 480 g/mol. The average Bonchev–Trinajstić information content (AvgIpc) is 2.84. The largest absolute Gasteiger partial charge is 0.355 e. The Morgan fingerprint density at radius 2 is 1.65 bits per heavy atom. The topological polar surface area (TPSA) is 49.4 Å². The smallest absolute Gasteiger partial charge is 0.224 e. The standard InChI is InChI=1S/C19H25NO.C8H9NOS.C2H6/c1-6-8-9-10-16(4)19(7-2)20(17(5)21)18-13-11-15(3)12-14-18;10-6-9-5-7-1-3-8(11)4-2-7;1-2/h6,8-14,19H,1,7H2,2-5H3;1-4,6,11H,5H2,(H,9,10);1-2H3/b9-8-,16-10+;;. The molecule has 184 valence electrons. The zero-order chi connectivity index (χ0) is 25.9. The molecule has 2 aromatic rings. The van der Waals surface area contributed by atoms with Crippen LogP contribution in [0.15, 0.2) is 89.9 Å². The van der Waals surface area contributed by atoms with E-state index in [0.29, 0.717) is 13.0 Å². The molecule has 0 spiro atoms. The van der Waals surface area contributed by atoms with Gasteiger partial charge in [-0.1, -0.05) is 87.1 Å². The van der Waals surface area contributed by atoms with Crippen molar-refractivity contribution in [3.05, 3.63) is 96.1 Å². The van der Waals surface area contributed by atoms with Gasteiger partial charge in [-0.25, -0.2) is 0 Å². The summed E-state index contributed by atoms with van der Waals surface area (Å²) < 4.78 is 0. The molecule has 0 heterocycles. The number of aryl methyl sites for hydroxylation is 1. The van der Waals surface area contributed by atoms with Crippen LogP contribution in [-0.4, -0.2) is 18.4 Å². The minimum absolute atomic E-state index is 0.0613. The summed E-state index contributed by atoms with van der Waals surface area (Å²) in [7, 11) is 0. The summed E-state index contributed by atoms with van der Waals surface area (Å²) in [5.74, 6) is 0.0613. The first-order valence-electron chi connectivity index (χ1n) is 11.6. The second kappa shape index (κ2) is 18.4. The Morgan fingerprint density at radius 3 is 2.12 bits per heavy atom. The lowest BCUT2D eigenvalue weighted by molar-refractivity contribution is -0.117. The number of nitrogens with zero attached hydrogens (tertiary/aromatic N) is 1. The SMILES string of the molecule is C=C/C=C\C=C(/C)C(CC)N(C(C)=O)c1ccc(C)cc1.CC.O=CNCc1ccc(S)cc1. The molecule has 1 N–H and O–H groups in total. The maximum Gasteiger partial charge on any atom is 0.224 e. The van der Waals surface area contributed by atoms with Crippen LogP contribution in [0.5, 0.6) is 0 Å². The van der Waals surface area contributed by atoms with Crippen LogP contribution in [0.1, 0.15) is 52.2 Å². The molecule has 2 rings (SSSR count). The number of rotatable bonds is 9. The van der Waals surface area contributed by atoms with Gasteiger partial charge in [-0.05, 0) is 50.1 Å². The third-order valence-corrected chi connectivity index (χ3v) is 5.11. The van der Waals surface area contributed by atoms with Crippen molar-refractivity contribution in [2.45, 2.75) is 65.4 Å². The van der Waals surface area contributed by atoms with E-state index < -0.39 is 0 Å². The highest BCUT2D eigenvalue weighted by Gasteiger charge is 2.22. The Balaban J connectivity index is 0.000000701. The summed E-state index contributed by atoms with van der Waals surface area (Å²) in [5.41, 5.74) is 4.37. The number of carbonyl (C=O) groups is 2. The van der Waals surface area contributed by atoms with Crippen molar-refractivity contribution in [2.75, 3.05) is 4.90 Å². The number of amides is 2. The van der Waals surface area contributed by atoms with Crippen LogP contribution in [0, 0.1) is 6.92 Å². The van der Waals surface area contributed by atoms with Crippen LogP contribution in [0.4, 0.5) is 5.69 Å². The van der Waals surface area contributed by atoms with Gasteiger partial charge < -0.3 is 10.2 Å². The molecule has 2 amide bonds. The fourth-order valence-corrected chi connectivity index (χ4v) is 3.31. The first-order chi connectivity index (χ1) is 16.3. The van der Waals surface area contributed by atoms with Gasteiger partial charge in [0, 0.05) is 24.1 Å². The van der Waals surface area contributed by atoms with Crippen LogP contribution >= 0.6 is 12.6 Å². The highest BCUT2D eigenvalue weighted by molar-refractivity contribution is 7.80. The van der Waals surface area contributed by atoms with E-state index in [0.717, 1.165) is 28.1 Å². The summed E-state index contributed by atoms with van der Waals surface area (Å²) in [4.78, 5) is 24.8. The molecule has 0 saturated heterocycles. The predicted octanol–water partition coefficient (Wildman–Crippen LogP) is 7.06. The van der Waals surface area contributed by atoms with Crippen molar-refractivity contribution in [3.63, 3.8) is 0 Å². The van der Waals surface area contributed by atoms with Crippen LogP contribution in [-0.2, 0) is 16.1 Å². The Hall–Kier alpha value is -3.05. The van der Waals surface area contributed by atoms with Crippen LogP contribution < -0.4 is 10.2 Å². The third-order valence-electron chi connectivity index (χ3n) is 4.81. The summed E-state index contributed by atoms with van der Waals surface area (Å²) in [6.07, 6.45) is 9.19. The van der Waals surface area contributed by atoms with Crippen LogP contribution in [0.3, 0.4) is 0 Å². The number of hydrogen-bond donors (Lipinski definition) is 2. The lowest BCUT2D eigenvalue weighted by Gasteiger charge is -2.31. The maximum atomic E-state index is 12.1. The maximum absolute atomic E-state index is 12.1. The number of nitrogens with one attached hydrogen (secondary N) is 1. The third kappa shape index (κ3) is 11.7. The first-order valence-corrected chi connectivity index (χ1v) is 12.1. The molecule has 4 nitrogen and oxygen atoms in total. The lowest BCUT2D eigenvalue weighted by Crippen LogP contribution is -2.39. The summed E-state index contributed by atoms with van der Waals surface area (Å²) in [5, 5.41) is 2.58. The number of carbonyl (C=O) groups excluding carboxylic acids is 2. The van der Waals surface area contributed by atoms with E-state index in [2.05, 4.69) is 38.4 Å². The van der Waals surface area contributed by atoms with Gasteiger partial charge in [0.1, 0.15) is 0 Å². The van der Waals surface area contributed by atoms with Crippen LogP contribution in [0.2, 0.25) is 0 Å². The Bertz CT molecular complexity index is 916. The second-order valence-corrected chi connectivity index (χ2v) is 7.86. The van der Waals surface area contributed by atoms with Gasteiger partial charge in [-0.2, -0.15) is 0 Å². The van der Waals surface area contributed by atoms with E-state index >= 15 is 0 Å². The Labute approximate surface area is 211 Å². The van der Waals surface area contributed by atoms with E-state index in [1.54, 1.807) is 13.0 Å². The minimum atomic E-state index is 0.0613. The number of benzene rings is 2. The molecule has 34 heavy (non-hydrogen) atoms. The molecule has 1 atom stereocenters. The molecule has 0 aliphatic carbocycles. The van der Waals surface area contributed by atoms with E-state index in [4.69, 9.17) is 0 Å². The van der Waals surface area contributed by atoms with Gasteiger partial charge in [0.25, 0.3) is 0 Å². The van der Waals surface area contributed by atoms with Crippen molar-refractivity contribution in [3.8, 4) is 0 Å². The predicted molar refractivity (Wildman–Crippen MR) is 149 cm³/mol. The molecule has 0 radical (unpaired) electrons. The lowest BCUT2D eigenvalue weighted by atomic mass is 10.0. The van der Waals surface area contributed by atoms with Gasteiger partial charge in [0.2, 0.25) is 12.3 Å². The van der Waals surface area contributed by atoms with Gasteiger partial charge >= 0.3 is 0 Å². The van der Waals surface area contributed by atoms with Gasteiger partial charge in [0.15, 0.2) is 0 Å². The van der Waals surface area contributed by atoms with Crippen molar-refractivity contribution >= 4 is 30.6 Å². The highest BCUT2D eigenvalue weighted by atomic mass is 32.1. The molecule has 2 aromatic carbocycles. The molecule has 1 unspecified atom stereocenters. The van der Waals surface area contributed by atoms with E-state index in [9.17, 15) is 9.59 Å². The molecule has 0 bridgehead atoms. The molecular formula is C29H40N2O2S. The fraction of sp³-hybridized carbons (Fsp3) is 0.310. The summed E-state index contributed by atoms with van der Waals surface area (Å²) in [6.45, 7) is 16.1. The Morgan fingerprint density at radius 1 is 1.06 bits per heavy atom. The summed E-state index contributed by atoms with van der Waals surface area (Å²) >= 11 is 4.13. The van der Waals surface area contributed by atoms with Crippen LogP contribution in [0.25, 0.3) is 0 Å².